The Balaban J connectivity index is 1.67. The molecule has 0 bridgehead atoms. The molecule has 4 aromatic rings. The lowest BCUT2D eigenvalue weighted by Crippen LogP contribution is -2.23. The topological polar surface area (TPSA) is 112 Å². The maximum absolute atomic E-state index is 13.0. The molecule has 9 heteroatoms. The standard InChI is InChI=1S/C22H21N7OS/c1-3-13-29-19(30)16-11-7-8-12-17(16)25-22(29)31-14(2)18-26-20(23)28-21(27-18)24-15-9-5-4-6-10-15/h3-12,14H,1,13H2,2H3,(H3,23,24,26,27,28). The van der Waals surface area contributed by atoms with Gasteiger partial charge in [-0.25, -0.2) is 4.98 Å². The second-order valence-corrected chi connectivity index (χ2v) is 8.05. The van der Waals surface area contributed by atoms with Crippen LogP contribution in [0, 0.1) is 0 Å². The summed E-state index contributed by atoms with van der Waals surface area (Å²) in [5.41, 5.74) is 7.30. The van der Waals surface area contributed by atoms with E-state index in [1.54, 1.807) is 16.7 Å². The van der Waals surface area contributed by atoms with Crippen molar-refractivity contribution in [1.82, 2.24) is 24.5 Å². The molecule has 31 heavy (non-hydrogen) atoms. The average molecular weight is 432 g/mol. The summed E-state index contributed by atoms with van der Waals surface area (Å²) >= 11 is 1.38. The lowest BCUT2D eigenvalue weighted by Gasteiger charge is -2.15. The van der Waals surface area contributed by atoms with Gasteiger partial charge < -0.3 is 11.1 Å². The van der Waals surface area contributed by atoms with Gasteiger partial charge in [-0.05, 0) is 31.2 Å². The zero-order valence-electron chi connectivity index (χ0n) is 16.9. The molecule has 156 valence electrons. The van der Waals surface area contributed by atoms with Gasteiger partial charge in [0.25, 0.3) is 5.56 Å². The van der Waals surface area contributed by atoms with Crippen molar-refractivity contribution in [2.24, 2.45) is 0 Å². The lowest BCUT2D eigenvalue weighted by atomic mass is 10.2. The highest BCUT2D eigenvalue weighted by atomic mass is 32.2. The van der Waals surface area contributed by atoms with Gasteiger partial charge in [0.2, 0.25) is 11.9 Å². The van der Waals surface area contributed by atoms with Gasteiger partial charge in [-0.2, -0.15) is 15.0 Å². The number of rotatable bonds is 7. The number of anilines is 3. The average Bonchev–Trinajstić information content (AvgIpc) is 2.77. The highest BCUT2D eigenvalue weighted by molar-refractivity contribution is 7.99. The summed E-state index contributed by atoms with van der Waals surface area (Å²) in [5.74, 6) is 0.963. The molecule has 0 fully saturated rings. The third kappa shape index (κ3) is 4.56. The summed E-state index contributed by atoms with van der Waals surface area (Å²) in [6.07, 6.45) is 1.68. The van der Waals surface area contributed by atoms with Crippen LogP contribution in [0.5, 0.6) is 0 Å². The Labute approximate surface area is 183 Å². The molecule has 4 rings (SSSR count). The number of nitrogens with two attached hydrogens (primary N) is 1. The fourth-order valence-electron chi connectivity index (χ4n) is 3.04. The first kappa shape index (κ1) is 20.5. The summed E-state index contributed by atoms with van der Waals surface area (Å²) in [5, 5.41) is 4.03. The van der Waals surface area contributed by atoms with Crippen LogP contribution in [0.3, 0.4) is 0 Å². The lowest BCUT2D eigenvalue weighted by molar-refractivity contribution is 0.669. The van der Waals surface area contributed by atoms with Crippen molar-refractivity contribution in [3.63, 3.8) is 0 Å². The fourth-order valence-corrected chi connectivity index (χ4v) is 4.00. The van der Waals surface area contributed by atoms with E-state index in [0.717, 1.165) is 5.69 Å². The number of fused-ring (bicyclic) bond motifs is 1. The first-order valence-electron chi connectivity index (χ1n) is 9.66. The second-order valence-electron chi connectivity index (χ2n) is 6.74. The Kier molecular flexibility index (Phi) is 5.94. The van der Waals surface area contributed by atoms with Crippen LogP contribution in [-0.4, -0.2) is 24.5 Å². The highest BCUT2D eigenvalue weighted by Gasteiger charge is 2.18. The van der Waals surface area contributed by atoms with E-state index < -0.39 is 0 Å². The van der Waals surface area contributed by atoms with E-state index in [-0.39, 0.29) is 16.8 Å². The van der Waals surface area contributed by atoms with E-state index in [1.165, 1.54) is 11.8 Å². The van der Waals surface area contributed by atoms with Gasteiger partial charge in [-0.3, -0.25) is 9.36 Å². The van der Waals surface area contributed by atoms with Crippen LogP contribution < -0.4 is 16.6 Å². The molecule has 0 aliphatic carbocycles. The molecule has 8 nitrogen and oxygen atoms in total. The van der Waals surface area contributed by atoms with Gasteiger partial charge in [-0.1, -0.05) is 48.2 Å². The SMILES string of the molecule is C=CCn1c(SC(C)c2nc(N)nc(Nc3ccccc3)n2)nc2ccccc2c1=O. The summed E-state index contributed by atoms with van der Waals surface area (Å²) in [4.78, 5) is 30.6. The zero-order chi connectivity index (χ0) is 21.8. The summed E-state index contributed by atoms with van der Waals surface area (Å²) < 4.78 is 1.60. The summed E-state index contributed by atoms with van der Waals surface area (Å²) in [7, 11) is 0. The molecule has 0 amide bonds. The maximum atomic E-state index is 13.0. The number of aromatic nitrogens is 5. The van der Waals surface area contributed by atoms with Crippen molar-refractivity contribution >= 4 is 40.2 Å². The molecule has 0 aliphatic heterocycles. The van der Waals surface area contributed by atoms with E-state index in [4.69, 9.17) is 10.7 Å². The van der Waals surface area contributed by atoms with Gasteiger partial charge >= 0.3 is 0 Å². The number of nitrogens with one attached hydrogen (secondary N) is 1. The fraction of sp³-hybridized carbons (Fsp3) is 0.136. The molecule has 0 saturated carbocycles. The predicted octanol–water partition coefficient (Wildman–Crippen LogP) is 3.95. The number of allylic oxidation sites excluding steroid dienone is 1. The molecule has 2 heterocycles. The number of hydrogen-bond acceptors (Lipinski definition) is 8. The molecule has 1 unspecified atom stereocenters. The smallest absolute Gasteiger partial charge is 0.262 e. The number of nitrogen functional groups attached to an aromatic ring is 1. The van der Waals surface area contributed by atoms with Crippen LogP contribution in [0.2, 0.25) is 0 Å². The van der Waals surface area contributed by atoms with Crippen molar-refractivity contribution in [2.45, 2.75) is 23.9 Å². The van der Waals surface area contributed by atoms with Gasteiger partial charge in [0, 0.05) is 12.2 Å². The Morgan fingerprint density at radius 3 is 2.61 bits per heavy atom. The highest BCUT2D eigenvalue weighted by Crippen LogP contribution is 2.32. The van der Waals surface area contributed by atoms with E-state index in [9.17, 15) is 4.79 Å². The van der Waals surface area contributed by atoms with Crippen molar-refractivity contribution in [1.29, 1.82) is 0 Å². The maximum Gasteiger partial charge on any atom is 0.262 e. The van der Waals surface area contributed by atoms with E-state index >= 15 is 0 Å². The van der Waals surface area contributed by atoms with Gasteiger partial charge in [0.15, 0.2) is 5.16 Å². The van der Waals surface area contributed by atoms with Crippen LogP contribution >= 0.6 is 11.8 Å². The van der Waals surface area contributed by atoms with Crippen molar-refractivity contribution in [3.8, 4) is 0 Å². The molecular weight excluding hydrogens is 410 g/mol. The first-order chi connectivity index (χ1) is 15.0. The zero-order valence-corrected chi connectivity index (χ0v) is 17.7. The minimum Gasteiger partial charge on any atom is -0.368 e. The predicted molar refractivity (Wildman–Crippen MR) is 124 cm³/mol. The molecule has 0 radical (unpaired) electrons. The largest absolute Gasteiger partial charge is 0.368 e. The first-order valence-corrected chi connectivity index (χ1v) is 10.5. The van der Waals surface area contributed by atoms with E-state index in [0.29, 0.717) is 34.4 Å². The summed E-state index contributed by atoms with van der Waals surface area (Å²) in [6.45, 7) is 6.05. The minimum absolute atomic E-state index is 0.109. The second kappa shape index (κ2) is 8.97. The van der Waals surface area contributed by atoms with Crippen molar-refractivity contribution in [3.05, 3.63) is 83.4 Å². The van der Waals surface area contributed by atoms with Crippen LogP contribution in [0.15, 0.2) is 77.2 Å². The molecule has 0 aliphatic rings. The van der Waals surface area contributed by atoms with Crippen LogP contribution in [0.4, 0.5) is 17.6 Å². The van der Waals surface area contributed by atoms with Crippen LogP contribution in [0.1, 0.15) is 18.0 Å². The van der Waals surface area contributed by atoms with Gasteiger partial charge in [-0.15, -0.1) is 6.58 Å². The van der Waals surface area contributed by atoms with Crippen molar-refractivity contribution in [2.75, 3.05) is 11.1 Å². The Bertz CT molecular complexity index is 1290. The summed E-state index contributed by atoms with van der Waals surface area (Å²) in [6, 6.07) is 16.9. The Morgan fingerprint density at radius 2 is 1.84 bits per heavy atom. The monoisotopic (exact) mass is 431 g/mol. The molecule has 0 spiro atoms. The normalized spacial score (nSPS) is 11.9. The Morgan fingerprint density at radius 1 is 1.10 bits per heavy atom. The number of para-hydroxylation sites is 2. The van der Waals surface area contributed by atoms with Crippen LogP contribution in [-0.2, 0) is 6.54 Å². The number of hydrogen-bond donors (Lipinski definition) is 2. The third-order valence-electron chi connectivity index (χ3n) is 4.48. The van der Waals surface area contributed by atoms with Gasteiger partial charge in [0.1, 0.15) is 5.82 Å². The third-order valence-corrected chi connectivity index (χ3v) is 5.57. The van der Waals surface area contributed by atoms with E-state index in [1.807, 2.05) is 55.5 Å². The molecule has 2 aromatic heterocycles. The molecule has 3 N–H and O–H groups in total. The molecular formula is C22H21N7OS. The quantitative estimate of drug-likeness (QED) is 0.257. The Hall–Kier alpha value is -3.72. The number of thioether (sulfide) groups is 1. The molecule has 1 atom stereocenters. The van der Waals surface area contributed by atoms with Crippen LogP contribution in [0.25, 0.3) is 10.9 Å². The number of benzene rings is 2. The molecule has 2 aromatic carbocycles. The van der Waals surface area contributed by atoms with Crippen molar-refractivity contribution < 1.29 is 0 Å². The van der Waals surface area contributed by atoms with E-state index in [2.05, 4.69) is 26.8 Å². The minimum atomic E-state index is -0.231. The molecule has 0 saturated heterocycles. The van der Waals surface area contributed by atoms with Gasteiger partial charge in [0.05, 0.1) is 16.2 Å². The number of nitrogens with zero attached hydrogens (tertiary/aromatic N) is 5.